The monoisotopic (exact) mass is 371 g/mol. The summed E-state index contributed by atoms with van der Waals surface area (Å²) < 4.78 is 6.29. The van der Waals surface area contributed by atoms with Crippen LogP contribution in [-0.4, -0.2) is 40.4 Å². The van der Waals surface area contributed by atoms with Crippen molar-refractivity contribution in [2.24, 2.45) is 0 Å². The Balaban J connectivity index is 2.61. The quantitative estimate of drug-likeness (QED) is 0.757. The first-order valence-electron chi connectivity index (χ1n) is 7.47. The Bertz CT molecular complexity index is 481. The summed E-state index contributed by atoms with van der Waals surface area (Å²) in [5.74, 6) is 0. The molecule has 0 spiro atoms. The van der Waals surface area contributed by atoms with Crippen molar-refractivity contribution in [3.63, 3.8) is 0 Å². The van der Waals surface area contributed by atoms with Crippen LogP contribution < -0.4 is 0 Å². The molecule has 0 saturated carbocycles. The van der Waals surface area contributed by atoms with Crippen LogP contribution in [0.15, 0.2) is 34.9 Å². The number of hydrogen-bond acceptors (Lipinski definition) is 3. The van der Waals surface area contributed by atoms with E-state index in [1.807, 2.05) is 45.9 Å². The van der Waals surface area contributed by atoms with Crippen molar-refractivity contribution in [3.8, 4) is 0 Å². The van der Waals surface area contributed by atoms with E-state index in [4.69, 9.17) is 4.74 Å². The molecule has 1 fully saturated rings. The van der Waals surface area contributed by atoms with Crippen LogP contribution in [0, 0.1) is 0 Å². The number of carbonyl (C=O) groups excluding carboxylic acids is 1. The molecule has 1 aliphatic rings. The van der Waals surface area contributed by atoms with Crippen molar-refractivity contribution in [2.45, 2.75) is 51.7 Å². The SMILES string of the molecule is C=C(/C=C\C(Br)=C/C)C1(O)CCN(C(=O)OC(C)(C)C)CC1. The minimum absolute atomic E-state index is 0.327. The van der Waals surface area contributed by atoms with E-state index in [0.29, 0.717) is 31.5 Å². The molecule has 0 aromatic carbocycles. The number of carbonyl (C=O) groups is 1. The predicted octanol–water partition coefficient (Wildman–Crippen LogP) is 4.16. The summed E-state index contributed by atoms with van der Waals surface area (Å²) in [5, 5.41) is 10.7. The van der Waals surface area contributed by atoms with Crippen molar-refractivity contribution in [2.75, 3.05) is 13.1 Å². The molecule has 22 heavy (non-hydrogen) atoms. The lowest BCUT2D eigenvalue weighted by atomic mass is 9.84. The van der Waals surface area contributed by atoms with Gasteiger partial charge in [-0.05, 0) is 52.2 Å². The van der Waals surface area contributed by atoms with Crippen molar-refractivity contribution in [1.82, 2.24) is 4.90 Å². The largest absolute Gasteiger partial charge is 0.444 e. The summed E-state index contributed by atoms with van der Waals surface area (Å²) in [6.07, 6.45) is 6.19. The molecule has 1 saturated heterocycles. The third-order valence-electron chi connectivity index (χ3n) is 3.56. The van der Waals surface area contributed by atoms with E-state index in [1.54, 1.807) is 4.90 Å². The topological polar surface area (TPSA) is 49.8 Å². The van der Waals surface area contributed by atoms with E-state index in [9.17, 15) is 9.90 Å². The molecule has 124 valence electrons. The Labute approximate surface area is 141 Å². The number of amides is 1. The standard InChI is InChI=1S/C17H26BrNO3/c1-6-14(18)8-7-13(2)17(21)9-11-19(12-10-17)15(20)22-16(3,4)5/h6-8,21H,2,9-12H2,1,3-5H3/b8-7-,14-6+. The molecule has 0 bridgehead atoms. The molecular formula is C17H26BrNO3. The summed E-state index contributed by atoms with van der Waals surface area (Å²) in [6, 6.07) is 0. The second-order valence-corrected chi connectivity index (χ2v) is 7.45. The van der Waals surface area contributed by atoms with Crippen LogP contribution >= 0.6 is 15.9 Å². The third-order valence-corrected chi connectivity index (χ3v) is 4.28. The molecule has 1 amide bonds. The molecule has 0 aliphatic carbocycles. The van der Waals surface area contributed by atoms with Gasteiger partial charge in [-0.1, -0.05) is 34.7 Å². The van der Waals surface area contributed by atoms with E-state index >= 15 is 0 Å². The molecule has 0 atom stereocenters. The van der Waals surface area contributed by atoms with E-state index in [-0.39, 0.29) is 6.09 Å². The summed E-state index contributed by atoms with van der Waals surface area (Å²) in [7, 11) is 0. The Kier molecular flexibility index (Phi) is 6.44. The van der Waals surface area contributed by atoms with E-state index in [1.165, 1.54) is 0 Å². The van der Waals surface area contributed by atoms with Gasteiger partial charge in [0.25, 0.3) is 0 Å². The molecule has 5 heteroatoms. The highest BCUT2D eigenvalue weighted by atomic mass is 79.9. The van der Waals surface area contributed by atoms with Crippen molar-refractivity contribution in [1.29, 1.82) is 0 Å². The molecule has 0 radical (unpaired) electrons. The van der Waals surface area contributed by atoms with E-state index in [2.05, 4.69) is 22.5 Å². The van der Waals surface area contributed by atoms with E-state index in [0.717, 1.165) is 4.48 Å². The van der Waals surface area contributed by atoms with Crippen LogP contribution in [0.4, 0.5) is 4.79 Å². The van der Waals surface area contributed by atoms with Crippen molar-refractivity contribution >= 4 is 22.0 Å². The first-order chi connectivity index (χ1) is 10.1. The van der Waals surface area contributed by atoms with Gasteiger partial charge in [0.05, 0.1) is 5.60 Å². The van der Waals surface area contributed by atoms with Gasteiger partial charge in [-0.2, -0.15) is 0 Å². The summed E-state index contributed by atoms with van der Waals surface area (Å²) in [5.41, 5.74) is -0.804. The molecule has 1 aliphatic heterocycles. The fraction of sp³-hybridized carbons (Fsp3) is 0.588. The summed E-state index contributed by atoms with van der Waals surface area (Å²) in [4.78, 5) is 13.7. The number of likely N-dealkylation sites (tertiary alicyclic amines) is 1. The lowest BCUT2D eigenvalue weighted by Crippen LogP contribution is -2.48. The number of halogens is 1. The maximum Gasteiger partial charge on any atom is 0.410 e. The second kappa shape index (κ2) is 7.47. The van der Waals surface area contributed by atoms with Gasteiger partial charge in [-0.25, -0.2) is 4.79 Å². The third kappa shape index (κ3) is 5.61. The highest BCUT2D eigenvalue weighted by molar-refractivity contribution is 9.11. The smallest absolute Gasteiger partial charge is 0.410 e. The maximum atomic E-state index is 12.0. The minimum atomic E-state index is -0.962. The van der Waals surface area contributed by atoms with Crippen LogP contribution in [0.3, 0.4) is 0 Å². The van der Waals surface area contributed by atoms with E-state index < -0.39 is 11.2 Å². The van der Waals surface area contributed by atoms with Crippen molar-refractivity contribution < 1.29 is 14.6 Å². The van der Waals surface area contributed by atoms with Gasteiger partial charge in [-0.15, -0.1) is 0 Å². The maximum absolute atomic E-state index is 12.0. The second-order valence-electron chi connectivity index (χ2n) is 6.53. The molecule has 0 unspecified atom stereocenters. The molecule has 4 nitrogen and oxygen atoms in total. The van der Waals surface area contributed by atoms with Gasteiger partial charge in [0, 0.05) is 17.6 Å². The Morgan fingerprint density at radius 3 is 2.32 bits per heavy atom. The summed E-state index contributed by atoms with van der Waals surface area (Å²) >= 11 is 3.39. The van der Waals surface area contributed by atoms with Crippen LogP contribution in [0.1, 0.15) is 40.5 Å². The number of nitrogens with zero attached hydrogens (tertiary/aromatic N) is 1. The zero-order chi connectivity index (χ0) is 17.0. The fourth-order valence-corrected chi connectivity index (χ4v) is 2.27. The van der Waals surface area contributed by atoms with Gasteiger partial charge in [-0.3, -0.25) is 0 Å². The normalized spacial score (nSPS) is 19.4. The highest BCUT2D eigenvalue weighted by Crippen LogP contribution is 2.30. The molecule has 0 aromatic rings. The number of ether oxygens (including phenoxy) is 1. The first-order valence-corrected chi connectivity index (χ1v) is 8.26. The molecule has 1 N–H and O–H groups in total. The first kappa shape index (κ1) is 19.0. The minimum Gasteiger partial charge on any atom is -0.444 e. The summed E-state index contributed by atoms with van der Waals surface area (Å²) in [6.45, 7) is 12.3. The van der Waals surface area contributed by atoms with Crippen molar-refractivity contribution in [3.05, 3.63) is 34.9 Å². The molecule has 1 rings (SSSR count). The number of piperidine rings is 1. The van der Waals surface area contributed by atoms with Gasteiger partial charge < -0.3 is 14.7 Å². The molecule has 0 aromatic heterocycles. The van der Waals surface area contributed by atoms with Gasteiger partial charge in [0.1, 0.15) is 5.60 Å². The average molecular weight is 372 g/mol. The Hall–Kier alpha value is -1.07. The van der Waals surface area contributed by atoms with Crippen LogP contribution in [0.5, 0.6) is 0 Å². The predicted molar refractivity (Wildman–Crippen MR) is 93.0 cm³/mol. The zero-order valence-electron chi connectivity index (χ0n) is 13.9. The number of aliphatic hydroxyl groups is 1. The lowest BCUT2D eigenvalue weighted by Gasteiger charge is -2.39. The number of allylic oxidation sites excluding steroid dienone is 3. The van der Waals surface area contributed by atoms with Gasteiger partial charge in [0.2, 0.25) is 0 Å². The van der Waals surface area contributed by atoms with Gasteiger partial charge in [0.15, 0.2) is 0 Å². The van der Waals surface area contributed by atoms with Gasteiger partial charge >= 0.3 is 6.09 Å². The zero-order valence-corrected chi connectivity index (χ0v) is 15.4. The Morgan fingerprint density at radius 1 is 1.32 bits per heavy atom. The average Bonchev–Trinajstić information content (AvgIpc) is 2.43. The van der Waals surface area contributed by atoms with Crippen LogP contribution in [-0.2, 0) is 4.74 Å². The Morgan fingerprint density at radius 2 is 1.86 bits per heavy atom. The van der Waals surface area contributed by atoms with Crippen LogP contribution in [0.25, 0.3) is 0 Å². The highest BCUT2D eigenvalue weighted by Gasteiger charge is 2.36. The molecule has 1 heterocycles. The van der Waals surface area contributed by atoms with Crippen LogP contribution in [0.2, 0.25) is 0 Å². The number of rotatable bonds is 3. The molecular weight excluding hydrogens is 346 g/mol. The lowest BCUT2D eigenvalue weighted by molar-refractivity contribution is -0.0117. The number of hydrogen-bond donors (Lipinski definition) is 1. The fourth-order valence-electron chi connectivity index (χ4n) is 2.14.